The lowest BCUT2D eigenvalue weighted by Crippen LogP contribution is -2.13. The Hall–Kier alpha value is -2.43. The van der Waals surface area contributed by atoms with Crippen molar-refractivity contribution in [3.8, 4) is 5.69 Å². The zero-order chi connectivity index (χ0) is 14.3. The van der Waals surface area contributed by atoms with E-state index < -0.39 is 5.97 Å². The predicted octanol–water partition coefficient (Wildman–Crippen LogP) is 2.40. The second kappa shape index (κ2) is 4.59. The Bertz CT molecular complexity index is 716. The number of aromatic carboxylic acids is 1. The van der Waals surface area contributed by atoms with E-state index in [9.17, 15) is 9.59 Å². The van der Waals surface area contributed by atoms with Crippen LogP contribution in [-0.4, -0.2) is 26.6 Å². The van der Waals surface area contributed by atoms with Crippen molar-refractivity contribution in [3.63, 3.8) is 0 Å². The molecule has 0 saturated carbocycles. The fourth-order valence-electron chi connectivity index (χ4n) is 2.69. The summed E-state index contributed by atoms with van der Waals surface area (Å²) in [5.74, 6) is -0.843. The summed E-state index contributed by atoms with van der Waals surface area (Å²) in [6.45, 7) is 1.82. The highest BCUT2D eigenvalue weighted by Crippen LogP contribution is 2.26. The molecule has 3 rings (SSSR count). The molecular formula is C15H14N2O3. The summed E-state index contributed by atoms with van der Waals surface area (Å²) in [4.78, 5) is 23.0. The van der Waals surface area contributed by atoms with E-state index in [0.29, 0.717) is 23.4 Å². The number of hydrogen-bond acceptors (Lipinski definition) is 3. The SMILES string of the molecule is Cc1nn(-c2cccc(C(=O)O)c2)c2c1C(=O)CCC2. The van der Waals surface area contributed by atoms with Gasteiger partial charge in [0.25, 0.3) is 0 Å². The molecule has 1 aromatic carbocycles. The number of nitrogens with zero attached hydrogens (tertiary/aromatic N) is 2. The van der Waals surface area contributed by atoms with Gasteiger partial charge in [-0.05, 0) is 38.0 Å². The Balaban J connectivity index is 2.16. The van der Waals surface area contributed by atoms with Crippen molar-refractivity contribution in [1.29, 1.82) is 0 Å². The lowest BCUT2D eigenvalue weighted by Gasteiger charge is -2.13. The molecule has 0 saturated heterocycles. The summed E-state index contributed by atoms with van der Waals surface area (Å²) in [6, 6.07) is 6.61. The second-order valence-corrected chi connectivity index (χ2v) is 4.95. The van der Waals surface area contributed by atoms with Gasteiger partial charge in [-0.2, -0.15) is 5.10 Å². The van der Waals surface area contributed by atoms with Crippen molar-refractivity contribution in [2.24, 2.45) is 0 Å². The molecule has 0 fully saturated rings. The average Bonchev–Trinajstić information content (AvgIpc) is 2.78. The van der Waals surface area contributed by atoms with Crippen molar-refractivity contribution in [1.82, 2.24) is 9.78 Å². The van der Waals surface area contributed by atoms with Gasteiger partial charge >= 0.3 is 5.97 Å². The molecule has 1 aliphatic carbocycles. The molecular weight excluding hydrogens is 256 g/mol. The molecule has 5 heteroatoms. The first kappa shape index (κ1) is 12.6. The van der Waals surface area contributed by atoms with E-state index >= 15 is 0 Å². The quantitative estimate of drug-likeness (QED) is 0.909. The van der Waals surface area contributed by atoms with Crippen molar-refractivity contribution in [2.45, 2.75) is 26.2 Å². The zero-order valence-corrected chi connectivity index (χ0v) is 11.1. The van der Waals surface area contributed by atoms with Gasteiger partial charge in [0, 0.05) is 6.42 Å². The third-order valence-electron chi connectivity index (χ3n) is 3.59. The van der Waals surface area contributed by atoms with E-state index in [1.54, 1.807) is 28.9 Å². The summed E-state index contributed by atoms with van der Waals surface area (Å²) in [7, 11) is 0. The number of aryl methyl sites for hydroxylation is 1. The smallest absolute Gasteiger partial charge is 0.335 e. The Morgan fingerprint density at radius 1 is 1.35 bits per heavy atom. The van der Waals surface area contributed by atoms with Crippen LogP contribution in [0.5, 0.6) is 0 Å². The number of carbonyl (C=O) groups is 2. The Morgan fingerprint density at radius 2 is 2.15 bits per heavy atom. The highest BCUT2D eigenvalue weighted by Gasteiger charge is 2.25. The molecule has 102 valence electrons. The number of Topliss-reactive ketones (excluding diaryl/α,β-unsaturated/α-hetero) is 1. The first-order chi connectivity index (χ1) is 9.58. The van der Waals surface area contributed by atoms with Crippen molar-refractivity contribution < 1.29 is 14.7 Å². The van der Waals surface area contributed by atoms with Gasteiger partial charge in [-0.1, -0.05) is 6.07 Å². The fraction of sp³-hybridized carbons (Fsp3) is 0.267. The van der Waals surface area contributed by atoms with Gasteiger partial charge in [0.2, 0.25) is 0 Å². The lowest BCUT2D eigenvalue weighted by molar-refractivity contribution is 0.0696. The Labute approximate surface area is 115 Å². The number of carboxylic acid groups (broad SMARTS) is 1. The van der Waals surface area contributed by atoms with E-state index in [-0.39, 0.29) is 11.3 Å². The molecule has 1 heterocycles. The fourth-order valence-corrected chi connectivity index (χ4v) is 2.69. The molecule has 1 aliphatic rings. The molecule has 1 aromatic heterocycles. The largest absolute Gasteiger partial charge is 0.478 e. The Morgan fingerprint density at radius 3 is 2.90 bits per heavy atom. The van der Waals surface area contributed by atoms with Crippen LogP contribution < -0.4 is 0 Å². The van der Waals surface area contributed by atoms with Gasteiger partial charge in [-0.15, -0.1) is 0 Å². The third-order valence-corrected chi connectivity index (χ3v) is 3.59. The van der Waals surface area contributed by atoms with Crippen molar-refractivity contribution >= 4 is 11.8 Å². The molecule has 0 aliphatic heterocycles. The molecule has 0 bridgehead atoms. The summed E-state index contributed by atoms with van der Waals surface area (Å²) < 4.78 is 1.70. The van der Waals surface area contributed by atoms with Crippen LogP contribution in [0, 0.1) is 6.92 Å². The lowest BCUT2D eigenvalue weighted by atomic mass is 9.94. The van der Waals surface area contributed by atoms with Crippen LogP contribution >= 0.6 is 0 Å². The maximum atomic E-state index is 12.0. The van der Waals surface area contributed by atoms with Crippen LogP contribution in [0.25, 0.3) is 5.69 Å². The number of ketones is 1. The molecule has 0 spiro atoms. The van der Waals surface area contributed by atoms with E-state index in [2.05, 4.69) is 5.10 Å². The van der Waals surface area contributed by atoms with Crippen LogP contribution in [0.2, 0.25) is 0 Å². The van der Waals surface area contributed by atoms with E-state index in [1.165, 1.54) is 0 Å². The van der Waals surface area contributed by atoms with Crippen LogP contribution in [0.3, 0.4) is 0 Å². The standard InChI is InChI=1S/C15H14N2O3/c1-9-14-12(6-3-7-13(14)18)17(16-9)11-5-2-4-10(8-11)15(19)20/h2,4-5,8H,3,6-7H2,1H3,(H,19,20). The van der Waals surface area contributed by atoms with Gasteiger partial charge in [-0.25, -0.2) is 9.48 Å². The normalized spacial score (nSPS) is 14.2. The number of fused-ring (bicyclic) bond motifs is 1. The first-order valence-electron chi connectivity index (χ1n) is 6.53. The second-order valence-electron chi connectivity index (χ2n) is 4.95. The average molecular weight is 270 g/mol. The molecule has 0 amide bonds. The minimum absolute atomic E-state index is 0.129. The maximum Gasteiger partial charge on any atom is 0.335 e. The Kier molecular flexibility index (Phi) is 2.89. The molecule has 0 radical (unpaired) electrons. The summed E-state index contributed by atoms with van der Waals surface area (Å²) >= 11 is 0. The van der Waals surface area contributed by atoms with Crippen molar-refractivity contribution in [3.05, 3.63) is 46.8 Å². The molecule has 5 nitrogen and oxygen atoms in total. The summed E-state index contributed by atoms with van der Waals surface area (Å²) in [5.41, 5.74) is 3.21. The van der Waals surface area contributed by atoms with E-state index in [0.717, 1.165) is 18.5 Å². The van der Waals surface area contributed by atoms with Crippen LogP contribution in [0.1, 0.15) is 44.9 Å². The molecule has 0 atom stereocenters. The number of aromatic nitrogens is 2. The van der Waals surface area contributed by atoms with Crippen molar-refractivity contribution in [2.75, 3.05) is 0 Å². The van der Waals surface area contributed by atoms with Gasteiger partial charge in [0.05, 0.1) is 28.2 Å². The number of benzene rings is 1. The maximum absolute atomic E-state index is 12.0. The highest BCUT2D eigenvalue weighted by atomic mass is 16.4. The van der Waals surface area contributed by atoms with Gasteiger partial charge < -0.3 is 5.11 Å². The highest BCUT2D eigenvalue weighted by molar-refractivity contribution is 5.99. The number of hydrogen-bond donors (Lipinski definition) is 1. The van der Waals surface area contributed by atoms with Gasteiger partial charge in [0.1, 0.15) is 0 Å². The predicted molar refractivity (Wildman–Crippen MR) is 72.5 cm³/mol. The monoisotopic (exact) mass is 270 g/mol. The van der Waals surface area contributed by atoms with E-state index in [1.807, 2.05) is 6.92 Å². The van der Waals surface area contributed by atoms with Gasteiger partial charge in [0.15, 0.2) is 5.78 Å². The van der Waals surface area contributed by atoms with E-state index in [4.69, 9.17) is 5.11 Å². The summed E-state index contributed by atoms with van der Waals surface area (Å²) in [6.07, 6.45) is 2.17. The zero-order valence-electron chi connectivity index (χ0n) is 11.1. The summed E-state index contributed by atoms with van der Waals surface area (Å²) in [5, 5.41) is 13.5. The van der Waals surface area contributed by atoms with Crippen LogP contribution in [0.15, 0.2) is 24.3 Å². The van der Waals surface area contributed by atoms with Crippen LogP contribution in [-0.2, 0) is 6.42 Å². The molecule has 2 aromatic rings. The number of carboxylic acids is 1. The number of rotatable bonds is 2. The van der Waals surface area contributed by atoms with Gasteiger partial charge in [-0.3, -0.25) is 4.79 Å². The minimum atomic E-state index is -0.972. The molecule has 20 heavy (non-hydrogen) atoms. The first-order valence-corrected chi connectivity index (χ1v) is 6.53. The molecule has 0 unspecified atom stereocenters. The molecule has 1 N–H and O–H groups in total. The minimum Gasteiger partial charge on any atom is -0.478 e. The van der Waals surface area contributed by atoms with Crippen LogP contribution in [0.4, 0.5) is 0 Å². The topological polar surface area (TPSA) is 72.2 Å². The number of carbonyl (C=O) groups excluding carboxylic acids is 1. The third kappa shape index (κ3) is 1.91.